The topological polar surface area (TPSA) is 93.5 Å². The molecule has 0 saturated heterocycles. The molecule has 0 radical (unpaired) electrons. The van der Waals surface area contributed by atoms with Crippen molar-refractivity contribution in [3.05, 3.63) is 52.9 Å². The van der Waals surface area contributed by atoms with Crippen LogP contribution in [-0.4, -0.2) is 23.2 Å². The van der Waals surface area contributed by atoms with E-state index >= 15 is 0 Å². The summed E-state index contributed by atoms with van der Waals surface area (Å²) in [5.41, 5.74) is 2.46. The lowest BCUT2D eigenvalue weighted by Gasteiger charge is -2.21. The molecule has 2 N–H and O–H groups in total. The Bertz CT molecular complexity index is 721. The maximum absolute atomic E-state index is 12.5. The number of aryl methyl sites for hydroxylation is 2. The van der Waals surface area contributed by atoms with Crippen LogP contribution in [0.5, 0.6) is 0 Å². The second-order valence-corrected chi connectivity index (χ2v) is 6.45. The van der Waals surface area contributed by atoms with Crippen LogP contribution < -0.4 is 10.6 Å². The highest BCUT2D eigenvalue weighted by molar-refractivity contribution is 5.85. The van der Waals surface area contributed by atoms with Crippen molar-refractivity contribution in [1.29, 1.82) is 0 Å². The molecular formula is C19H25N3O4. The van der Waals surface area contributed by atoms with E-state index in [9.17, 15) is 9.59 Å². The zero-order valence-corrected chi connectivity index (χ0v) is 15.5. The second kappa shape index (κ2) is 9.03. The Kier molecular flexibility index (Phi) is 6.77. The Morgan fingerprint density at radius 2 is 1.88 bits per heavy atom. The largest absolute Gasteiger partial charge is 0.445 e. The maximum Gasteiger partial charge on any atom is 0.408 e. The lowest BCUT2D eigenvalue weighted by molar-refractivity contribution is -0.124. The van der Waals surface area contributed by atoms with E-state index in [1.54, 1.807) is 6.92 Å². The third-order valence-corrected chi connectivity index (χ3v) is 4.06. The van der Waals surface area contributed by atoms with E-state index in [0.29, 0.717) is 12.3 Å². The minimum Gasteiger partial charge on any atom is -0.445 e. The van der Waals surface area contributed by atoms with E-state index in [-0.39, 0.29) is 18.4 Å². The highest BCUT2D eigenvalue weighted by Gasteiger charge is 2.25. The number of alkyl carbamates (subject to hydrolysis) is 1. The Morgan fingerprint density at radius 3 is 2.46 bits per heavy atom. The van der Waals surface area contributed by atoms with Crippen LogP contribution >= 0.6 is 0 Å². The fraction of sp³-hybridized carbons (Fsp3) is 0.421. The van der Waals surface area contributed by atoms with Gasteiger partial charge >= 0.3 is 6.09 Å². The predicted molar refractivity (Wildman–Crippen MR) is 96.2 cm³/mol. The van der Waals surface area contributed by atoms with Crippen LogP contribution in [0, 0.1) is 19.8 Å². The monoisotopic (exact) mass is 359 g/mol. The van der Waals surface area contributed by atoms with Crippen molar-refractivity contribution >= 4 is 12.0 Å². The van der Waals surface area contributed by atoms with Crippen molar-refractivity contribution < 1.29 is 18.8 Å². The summed E-state index contributed by atoms with van der Waals surface area (Å²) in [5, 5.41) is 9.31. The van der Waals surface area contributed by atoms with Gasteiger partial charge in [-0.15, -0.1) is 0 Å². The first-order valence-electron chi connectivity index (χ1n) is 8.55. The maximum atomic E-state index is 12.5. The summed E-state index contributed by atoms with van der Waals surface area (Å²) in [6, 6.07) is 8.67. The highest BCUT2D eigenvalue weighted by atomic mass is 16.5. The number of benzene rings is 1. The summed E-state index contributed by atoms with van der Waals surface area (Å²) in [5.74, 6) is 0.291. The molecule has 0 fully saturated rings. The van der Waals surface area contributed by atoms with Crippen molar-refractivity contribution in [3.8, 4) is 0 Å². The van der Waals surface area contributed by atoms with Gasteiger partial charge < -0.3 is 19.9 Å². The number of carbonyl (C=O) groups is 2. The molecule has 2 aromatic rings. The van der Waals surface area contributed by atoms with Gasteiger partial charge in [-0.2, -0.15) is 0 Å². The van der Waals surface area contributed by atoms with E-state index in [2.05, 4.69) is 15.8 Å². The fourth-order valence-corrected chi connectivity index (χ4v) is 2.47. The van der Waals surface area contributed by atoms with Gasteiger partial charge in [0.1, 0.15) is 18.4 Å². The van der Waals surface area contributed by atoms with Crippen LogP contribution in [0.3, 0.4) is 0 Å². The number of nitrogens with zero attached hydrogens (tertiary/aromatic N) is 1. The lowest BCUT2D eigenvalue weighted by atomic mass is 10.0. The Hall–Kier alpha value is -2.83. The molecule has 0 bridgehead atoms. The van der Waals surface area contributed by atoms with Gasteiger partial charge in [0.2, 0.25) is 5.91 Å². The second-order valence-electron chi connectivity index (χ2n) is 6.45. The molecule has 2 rings (SSSR count). The molecule has 0 spiro atoms. The zero-order valence-electron chi connectivity index (χ0n) is 15.5. The summed E-state index contributed by atoms with van der Waals surface area (Å²) in [4.78, 5) is 24.5. The van der Waals surface area contributed by atoms with Crippen LogP contribution in [0.25, 0.3) is 0 Å². The Balaban J connectivity index is 1.88. The normalized spacial score (nSPS) is 11.9. The molecule has 2 amide bonds. The summed E-state index contributed by atoms with van der Waals surface area (Å²) in [6.07, 6.45) is -0.625. The number of carbonyl (C=O) groups excluding carboxylic acids is 2. The minimum absolute atomic E-state index is 0.0936. The van der Waals surface area contributed by atoms with E-state index in [1.165, 1.54) is 0 Å². The number of amides is 2. The van der Waals surface area contributed by atoms with Crippen LogP contribution in [0.1, 0.15) is 36.4 Å². The Morgan fingerprint density at radius 1 is 1.19 bits per heavy atom. The molecule has 0 aliphatic rings. The van der Waals surface area contributed by atoms with E-state index < -0.39 is 12.1 Å². The average Bonchev–Trinajstić information content (AvgIpc) is 2.94. The molecule has 1 aromatic carbocycles. The van der Waals surface area contributed by atoms with Crippen LogP contribution in [0.15, 0.2) is 34.9 Å². The van der Waals surface area contributed by atoms with Gasteiger partial charge in [-0.05, 0) is 25.3 Å². The van der Waals surface area contributed by atoms with Gasteiger partial charge in [-0.25, -0.2) is 4.79 Å². The van der Waals surface area contributed by atoms with Crippen LogP contribution in [0.4, 0.5) is 4.79 Å². The fourth-order valence-electron chi connectivity index (χ4n) is 2.47. The first-order chi connectivity index (χ1) is 12.4. The molecule has 0 aliphatic carbocycles. The molecule has 26 heavy (non-hydrogen) atoms. The number of nitrogens with one attached hydrogen (secondary N) is 2. The summed E-state index contributed by atoms with van der Waals surface area (Å²) < 4.78 is 10.3. The zero-order chi connectivity index (χ0) is 19.1. The molecule has 140 valence electrons. The number of ether oxygens (including phenoxy) is 1. The third-order valence-electron chi connectivity index (χ3n) is 4.06. The number of hydrogen-bond acceptors (Lipinski definition) is 5. The highest BCUT2D eigenvalue weighted by Crippen LogP contribution is 2.12. The van der Waals surface area contributed by atoms with Crippen molar-refractivity contribution in [1.82, 2.24) is 15.8 Å². The average molecular weight is 359 g/mol. The smallest absolute Gasteiger partial charge is 0.408 e. The number of rotatable bonds is 7. The molecular weight excluding hydrogens is 334 g/mol. The summed E-state index contributed by atoms with van der Waals surface area (Å²) in [7, 11) is 0. The summed E-state index contributed by atoms with van der Waals surface area (Å²) >= 11 is 0. The van der Waals surface area contributed by atoms with Gasteiger partial charge in [-0.3, -0.25) is 4.79 Å². The van der Waals surface area contributed by atoms with E-state index in [4.69, 9.17) is 9.26 Å². The van der Waals surface area contributed by atoms with Crippen molar-refractivity contribution in [2.45, 2.75) is 46.9 Å². The van der Waals surface area contributed by atoms with Gasteiger partial charge in [0, 0.05) is 12.1 Å². The van der Waals surface area contributed by atoms with E-state index in [1.807, 2.05) is 51.1 Å². The van der Waals surface area contributed by atoms with Crippen LogP contribution in [0.2, 0.25) is 0 Å². The van der Waals surface area contributed by atoms with Crippen molar-refractivity contribution in [2.75, 3.05) is 0 Å². The predicted octanol–water partition coefficient (Wildman–Crippen LogP) is 2.86. The van der Waals surface area contributed by atoms with E-state index in [0.717, 1.165) is 16.8 Å². The molecule has 0 aliphatic heterocycles. The number of hydrogen-bond donors (Lipinski definition) is 2. The molecule has 1 atom stereocenters. The van der Waals surface area contributed by atoms with Gasteiger partial charge in [0.25, 0.3) is 0 Å². The molecule has 0 unspecified atom stereocenters. The van der Waals surface area contributed by atoms with Gasteiger partial charge in [0.15, 0.2) is 0 Å². The number of aromatic nitrogens is 1. The molecule has 1 aromatic heterocycles. The first-order valence-corrected chi connectivity index (χ1v) is 8.55. The first kappa shape index (κ1) is 19.5. The lowest BCUT2D eigenvalue weighted by Crippen LogP contribution is -2.49. The van der Waals surface area contributed by atoms with Crippen molar-refractivity contribution in [2.24, 2.45) is 5.92 Å². The third kappa shape index (κ3) is 5.34. The molecule has 0 saturated carbocycles. The molecule has 7 heteroatoms. The van der Waals surface area contributed by atoms with Gasteiger partial charge in [-0.1, -0.05) is 49.3 Å². The van der Waals surface area contributed by atoms with Crippen molar-refractivity contribution in [3.63, 3.8) is 0 Å². The quantitative estimate of drug-likeness (QED) is 0.793. The van der Waals surface area contributed by atoms with Crippen LogP contribution in [-0.2, 0) is 22.7 Å². The SMILES string of the molecule is Cc1noc(C)c1CNC(=O)[C@@H](NC(=O)OCc1ccccc1)C(C)C. The summed E-state index contributed by atoms with van der Waals surface area (Å²) in [6.45, 7) is 7.77. The van der Waals surface area contributed by atoms with Gasteiger partial charge in [0.05, 0.1) is 5.69 Å². The Labute approximate surface area is 153 Å². The standard InChI is InChI=1S/C19H25N3O4/c1-12(2)17(18(23)20-10-16-13(3)22-26-14(16)4)21-19(24)25-11-15-8-6-5-7-9-15/h5-9,12,17H,10-11H2,1-4H3,(H,20,23)(H,21,24)/t17-/m0/s1. The molecule has 1 heterocycles. The molecule has 7 nitrogen and oxygen atoms in total. The minimum atomic E-state index is -0.696.